The van der Waals surface area contributed by atoms with Crippen LogP contribution in [0.5, 0.6) is 0 Å². The number of hydrogen-bond acceptors (Lipinski definition) is 4. The van der Waals surface area contributed by atoms with Crippen LogP contribution in [-0.2, 0) is 32.6 Å². The molecule has 7 nitrogen and oxygen atoms in total. The van der Waals surface area contributed by atoms with Gasteiger partial charge >= 0.3 is 0 Å². The number of carbonyl (C=O) groups is 2. The molecule has 1 fully saturated rings. The van der Waals surface area contributed by atoms with E-state index in [0.717, 1.165) is 48.0 Å². The van der Waals surface area contributed by atoms with Crippen LogP contribution >= 0.6 is 23.2 Å². The fourth-order valence-electron chi connectivity index (χ4n) is 5.82. The molecule has 0 spiro atoms. The van der Waals surface area contributed by atoms with Crippen LogP contribution in [0.4, 0.5) is 10.1 Å². The molecule has 0 aliphatic heterocycles. The van der Waals surface area contributed by atoms with Crippen LogP contribution in [0.25, 0.3) is 0 Å². The quantitative estimate of drug-likeness (QED) is 0.167. The molecule has 1 atom stereocenters. The van der Waals surface area contributed by atoms with Crippen LogP contribution in [0.1, 0.15) is 43.2 Å². The fourth-order valence-corrected chi connectivity index (χ4v) is 7.58. The van der Waals surface area contributed by atoms with Crippen molar-refractivity contribution in [3.05, 3.63) is 130 Å². The number of para-hydroxylation sites is 1. The zero-order chi connectivity index (χ0) is 33.4. The van der Waals surface area contributed by atoms with E-state index in [2.05, 4.69) is 5.32 Å². The second-order valence-electron chi connectivity index (χ2n) is 11.6. The Balaban J connectivity index is 1.58. The van der Waals surface area contributed by atoms with Gasteiger partial charge in [-0.25, -0.2) is 12.8 Å². The molecule has 0 radical (unpaired) electrons. The summed E-state index contributed by atoms with van der Waals surface area (Å²) in [6.45, 7) is -0.844. The van der Waals surface area contributed by atoms with Crippen LogP contribution in [-0.4, -0.2) is 43.8 Å². The summed E-state index contributed by atoms with van der Waals surface area (Å²) in [6.07, 6.45) is 4.92. The first kappa shape index (κ1) is 34.4. The number of benzene rings is 4. The van der Waals surface area contributed by atoms with Crippen molar-refractivity contribution >= 4 is 50.7 Å². The lowest BCUT2D eigenvalue weighted by molar-refractivity contribution is -0.140. The van der Waals surface area contributed by atoms with Gasteiger partial charge in [-0.05, 0) is 60.4 Å². The molecular weight excluding hydrogens is 660 g/mol. The van der Waals surface area contributed by atoms with E-state index in [-0.39, 0.29) is 40.5 Å². The molecule has 4 aromatic carbocycles. The van der Waals surface area contributed by atoms with Gasteiger partial charge in [0.25, 0.3) is 10.0 Å². The van der Waals surface area contributed by atoms with Gasteiger partial charge < -0.3 is 10.2 Å². The molecule has 5 rings (SSSR count). The van der Waals surface area contributed by atoms with Gasteiger partial charge in [-0.15, -0.1) is 0 Å². The molecule has 246 valence electrons. The molecule has 1 aliphatic carbocycles. The first-order valence-electron chi connectivity index (χ1n) is 15.5. The number of nitrogens with zero attached hydrogens (tertiary/aromatic N) is 2. The van der Waals surface area contributed by atoms with Gasteiger partial charge in [-0.1, -0.05) is 109 Å². The summed E-state index contributed by atoms with van der Waals surface area (Å²) < 4.78 is 44.1. The Bertz CT molecular complexity index is 1790. The monoisotopic (exact) mass is 695 g/mol. The van der Waals surface area contributed by atoms with Gasteiger partial charge in [-0.2, -0.15) is 0 Å². The summed E-state index contributed by atoms with van der Waals surface area (Å²) in [5.74, 6) is -1.86. The van der Waals surface area contributed by atoms with Crippen LogP contribution in [0, 0.1) is 5.82 Å². The summed E-state index contributed by atoms with van der Waals surface area (Å²) in [6, 6.07) is 26.1. The minimum Gasteiger partial charge on any atom is -0.352 e. The van der Waals surface area contributed by atoms with Gasteiger partial charge in [0, 0.05) is 19.0 Å². The van der Waals surface area contributed by atoms with E-state index in [1.54, 1.807) is 36.4 Å². The number of rotatable bonds is 12. The highest BCUT2D eigenvalue weighted by molar-refractivity contribution is 7.92. The van der Waals surface area contributed by atoms with Crippen molar-refractivity contribution in [2.45, 2.75) is 62.0 Å². The Hall–Kier alpha value is -3.92. The van der Waals surface area contributed by atoms with Gasteiger partial charge in [-0.3, -0.25) is 13.9 Å². The molecule has 1 saturated carbocycles. The predicted octanol–water partition coefficient (Wildman–Crippen LogP) is 7.42. The summed E-state index contributed by atoms with van der Waals surface area (Å²) in [4.78, 5) is 30.0. The van der Waals surface area contributed by atoms with Gasteiger partial charge in [0.05, 0.1) is 20.6 Å². The van der Waals surface area contributed by atoms with E-state index in [0.29, 0.717) is 10.6 Å². The fraction of sp³-hybridized carbons (Fsp3) is 0.278. The number of amides is 2. The van der Waals surface area contributed by atoms with E-state index in [1.807, 2.05) is 30.3 Å². The zero-order valence-corrected chi connectivity index (χ0v) is 28.0. The number of hydrogen-bond donors (Lipinski definition) is 1. The van der Waals surface area contributed by atoms with Gasteiger partial charge in [0.15, 0.2) is 0 Å². The van der Waals surface area contributed by atoms with Crippen molar-refractivity contribution in [1.82, 2.24) is 10.2 Å². The molecule has 0 aromatic heterocycles. The SMILES string of the molecule is O=C(NC1CCCCC1)[C@H](Cc1ccccc1)N(Cc1ccc(Cl)c(Cl)c1)C(=O)CN(c1ccccc1F)S(=O)(=O)c1ccccc1. The maximum atomic E-state index is 15.3. The molecule has 11 heteroatoms. The number of halogens is 3. The lowest BCUT2D eigenvalue weighted by Gasteiger charge is -2.35. The average molecular weight is 697 g/mol. The third-order valence-corrected chi connectivity index (χ3v) is 10.8. The molecule has 1 aliphatic rings. The normalized spacial score (nSPS) is 14.3. The minimum atomic E-state index is -4.41. The molecule has 47 heavy (non-hydrogen) atoms. The van der Waals surface area contributed by atoms with Crippen molar-refractivity contribution < 1.29 is 22.4 Å². The van der Waals surface area contributed by atoms with Crippen LogP contribution in [0.3, 0.4) is 0 Å². The Morgan fingerprint density at radius 3 is 2.11 bits per heavy atom. The lowest BCUT2D eigenvalue weighted by atomic mass is 9.94. The summed E-state index contributed by atoms with van der Waals surface area (Å²) in [7, 11) is -4.41. The molecular formula is C36H36Cl2FN3O4S. The van der Waals surface area contributed by atoms with Gasteiger partial charge in [0.1, 0.15) is 18.4 Å². The van der Waals surface area contributed by atoms with E-state index >= 15 is 4.39 Å². The third kappa shape index (κ3) is 8.71. The summed E-state index contributed by atoms with van der Waals surface area (Å²) >= 11 is 12.5. The summed E-state index contributed by atoms with van der Waals surface area (Å²) in [5.41, 5.74) is 1.11. The van der Waals surface area contributed by atoms with Gasteiger partial charge in [0.2, 0.25) is 11.8 Å². The van der Waals surface area contributed by atoms with Crippen molar-refractivity contribution in [3.63, 3.8) is 0 Å². The maximum absolute atomic E-state index is 15.3. The Kier molecular flexibility index (Phi) is 11.6. The van der Waals surface area contributed by atoms with Crippen molar-refractivity contribution in [2.24, 2.45) is 0 Å². The van der Waals surface area contributed by atoms with Crippen molar-refractivity contribution in [1.29, 1.82) is 0 Å². The highest BCUT2D eigenvalue weighted by Crippen LogP contribution is 2.28. The third-order valence-electron chi connectivity index (χ3n) is 8.29. The Morgan fingerprint density at radius 1 is 0.809 bits per heavy atom. The number of nitrogens with one attached hydrogen (secondary N) is 1. The lowest BCUT2D eigenvalue weighted by Crippen LogP contribution is -2.55. The summed E-state index contributed by atoms with van der Waals surface area (Å²) in [5, 5.41) is 3.75. The van der Waals surface area contributed by atoms with Crippen molar-refractivity contribution in [3.8, 4) is 0 Å². The van der Waals surface area contributed by atoms with Crippen LogP contribution in [0.2, 0.25) is 10.0 Å². The van der Waals surface area contributed by atoms with E-state index in [9.17, 15) is 18.0 Å². The van der Waals surface area contributed by atoms with Crippen LogP contribution < -0.4 is 9.62 Å². The molecule has 1 N–H and O–H groups in total. The Labute approximate surface area is 285 Å². The zero-order valence-electron chi connectivity index (χ0n) is 25.7. The van der Waals surface area contributed by atoms with E-state index in [4.69, 9.17) is 23.2 Å². The first-order chi connectivity index (χ1) is 22.6. The molecule has 0 saturated heterocycles. The first-order valence-corrected chi connectivity index (χ1v) is 17.7. The molecule has 2 amide bonds. The van der Waals surface area contributed by atoms with E-state index in [1.165, 1.54) is 35.2 Å². The smallest absolute Gasteiger partial charge is 0.264 e. The highest BCUT2D eigenvalue weighted by atomic mass is 35.5. The largest absolute Gasteiger partial charge is 0.352 e. The molecule has 4 aromatic rings. The van der Waals surface area contributed by atoms with Crippen molar-refractivity contribution in [2.75, 3.05) is 10.8 Å². The number of sulfonamides is 1. The van der Waals surface area contributed by atoms with E-state index < -0.39 is 34.3 Å². The Morgan fingerprint density at radius 2 is 1.45 bits per heavy atom. The molecule has 0 unspecified atom stereocenters. The minimum absolute atomic E-state index is 0.0372. The molecule has 0 bridgehead atoms. The number of anilines is 1. The number of carbonyl (C=O) groups excluding carboxylic acids is 2. The standard InChI is InChI=1S/C36H36Cl2FN3O4S/c37-30-21-20-27(22-31(30)38)24-41(34(23-26-12-4-1-5-13-26)36(44)40-28-14-6-2-7-15-28)35(43)25-42(33-19-11-10-18-32(33)39)47(45,46)29-16-8-3-9-17-29/h1,3-5,8-13,16-22,28,34H,2,6-7,14-15,23-25H2,(H,40,44)/t34-/m0/s1. The average Bonchev–Trinajstić information content (AvgIpc) is 3.08. The topological polar surface area (TPSA) is 86.8 Å². The maximum Gasteiger partial charge on any atom is 0.264 e. The second kappa shape index (κ2) is 15.8. The predicted molar refractivity (Wildman–Crippen MR) is 183 cm³/mol. The highest BCUT2D eigenvalue weighted by Gasteiger charge is 2.36. The van der Waals surface area contributed by atoms with Crippen LogP contribution in [0.15, 0.2) is 108 Å². The molecule has 0 heterocycles. The second-order valence-corrected chi connectivity index (χ2v) is 14.3.